The van der Waals surface area contributed by atoms with Gasteiger partial charge in [0.25, 0.3) is 0 Å². The fourth-order valence-corrected chi connectivity index (χ4v) is 5.51. The molecule has 27 heavy (non-hydrogen) atoms. The molecule has 0 saturated carbocycles. The summed E-state index contributed by atoms with van der Waals surface area (Å²) in [6.07, 6.45) is 5.03. The van der Waals surface area contributed by atoms with Gasteiger partial charge in [-0.2, -0.15) is 5.10 Å². The Morgan fingerprint density at radius 1 is 1.22 bits per heavy atom. The van der Waals surface area contributed by atoms with Crippen LogP contribution in [0.5, 0.6) is 0 Å². The molecule has 4 heterocycles. The van der Waals surface area contributed by atoms with Gasteiger partial charge in [-0.3, -0.25) is 14.9 Å². The van der Waals surface area contributed by atoms with Gasteiger partial charge in [0.2, 0.25) is 0 Å². The molecule has 0 radical (unpaired) electrons. The van der Waals surface area contributed by atoms with Crippen LogP contribution in [-0.2, 0) is 11.3 Å². The fourth-order valence-electron chi connectivity index (χ4n) is 4.49. The van der Waals surface area contributed by atoms with Crippen LogP contribution >= 0.6 is 11.3 Å². The number of ether oxygens (including phenoxy) is 1. The summed E-state index contributed by atoms with van der Waals surface area (Å²) in [6.45, 7) is 7.41. The first kappa shape index (κ1) is 19.1. The molecule has 4 rings (SSSR count). The third-order valence-electron chi connectivity index (χ3n) is 5.83. The first-order valence-corrected chi connectivity index (χ1v) is 10.9. The normalized spacial score (nSPS) is 25.1. The number of rotatable bonds is 7. The number of piperidine rings is 1. The van der Waals surface area contributed by atoms with E-state index in [0.717, 1.165) is 64.5 Å². The zero-order valence-corrected chi connectivity index (χ0v) is 16.7. The second kappa shape index (κ2) is 9.30. The molecule has 2 aromatic heterocycles. The molecule has 0 aliphatic carbocycles. The van der Waals surface area contributed by atoms with E-state index in [0.29, 0.717) is 18.6 Å². The Morgan fingerprint density at radius 3 is 2.89 bits per heavy atom. The number of H-pyrrole nitrogens is 1. The number of aromatic amines is 1. The molecule has 2 aromatic rings. The lowest BCUT2D eigenvalue weighted by atomic mass is 9.87. The lowest BCUT2D eigenvalue weighted by molar-refractivity contribution is -0.0230. The van der Waals surface area contributed by atoms with Crippen molar-refractivity contribution in [3.8, 4) is 10.6 Å². The Balaban J connectivity index is 1.38. The van der Waals surface area contributed by atoms with Crippen LogP contribution in [0.4, 0.5) is 0 Å². The topological polar surface area (TPSA) is 64.6 Å². The maximum atomic E-state index is 9.33. The van der Waals surface area contributed by atoms with Crippen LogP contribution in [0.15, 0.2) is 24.4 Å². The molecule has 0 amide bonds. The maximum absolute atomic E-state index is 9.33. The van der Waals surface area contributed by atoms with Gasteiger partial charge in [-0.25, -0.2) is 0 Å². The maximum Gasteiger partial charge on any atom is 0.0749 e. The van der Waals surface area contributed by atoms with E-state index in [2.05, 4.69) is 32.1 Å². The summed E-state index contributed by atoms with van der Waals surface area (Å²) in [7, 11) is 0. The minimum absolute atomic E-state index is 0.296. The SMILES string of the molecule is OCCC[C@@H]1CN(Cc2ccc(-c3ccn[nH]3)s2)CC[C@@H]1N1CCOCC1. The van der Waals surface area contributed by atoms with Crippen molar-refractivity contribution in [2.75, 3.05) is 46.0 Å². The summed E-state index contributed by atoms with van der Waals surface area (Å²) in [5.74, 6) is 0.635. The lowest BCUT2D eigenvalue weighted by Crippen LogP contribution is -2.53. The molecule has 6 nitrogen and oxygen atoms in total. The predicted octanol–water partition coefficient (Wildman–Crippen LogP) is 2.43. The van der Waals surface area contributed by atoms with Gasteiger partial charge in [0.1, 0.15) is 0 Å². The molecule has 2 N–H and O–H groups in total. The van der Waals surface area contributed by atoms with Crippen LogP contribution < -0.4 is 0 Å². The monoisotopic (exact) mass is 390 g/mol. The first-order valence-electron chi connectivity index (χ1n) is 10.1. The van der Waals surface area contributed by atoms with Crippen LogP contribution in [0.1, 0.15) is 24.1 Å². The van der Waals surface area contributed by atoms with Crippen molar-refractivity contribution in [3.05, 3.63) is 29.3 Å². The van der Waals surface area contributed by atoms with Crippen molar-refractivity contribution in [3.63, 3.8) is 0 Å². The van der Waals surface area contributed by atoms with Crippen LogP contribution in [0, 0.1) is 5.92 Å². The van der Waals surface area contributed by atoms with Gasteiger partial charge in [-0.15, -0.1) is 11.3 Å². The Kier molecular flexibility index (Phi) is 6.57. The van der Waals surface area contributed by atoms with Gasteiger partial charge in [-0.1, -0.05) is 0 Å². The van der Waals surface area contributed by atoms with Crippen molar-refractivity contribution in [1.29, 1.82) is 0 Å². The van der Waals surface area contributed by atoms with Gasteiger partial charge in [-0.05, 0) is 43.4 Å². The van der Waals surface area contributed by atoms with E-state index in [-0.39, 0.29) is 0 Å². The van der Waals surface area contributed by atoms with Gasteiger partial charge >= 0.3 is 0 Å². The lowest BCUT2D eigenvalue weighted by Gasteiger charge is -2.45. The summed E-state index contributed by atoms with van der Waals surface area (Å²) in [4.78, 5) is 7.89. The van der Waals surface area contributed by atoms with Gasteiger partial charge in [0.15, 0.2) is 0 Å². The zero-order valence-electron chi connectivity index (χ0n) is 15.8. The average Bonchev–Trinajstić information content (AvgIpc) is 3.39. The molecule has 7 heteroatoms. The van der Waals surface area contributed by atoms with E-state index >= 15 is 0 Å². The van der Waals surface area contributed by atoms with Crippen molar-refractivity contribution >= 4 is 11.3 Å². The van der Waals surface area contributed by atoms with Crippen molar-refractivity contribution in [2.45, 2.75) is 31.8 Å². The Bertz CT molecular complexity index is 684. The van der Waals surface area contributed by atoms with E-state index in [4.69, 9.17) is 4.74 Å². The zero-order chi connectivity index (χ0) is 18.5. The van der Waals surface area contributed by atoms with Crippen molar-refractivity contribution in [1.82, 2.24) is 20.0 Å². The number of hydrogen-bond acceptors (Lipinski definition) is 6. The number of nitrogens with zero attached hydrogens (tertiary/aromatic N) is 3. The predicted molar refractivity (Wildman–Crippen MR) is 108 cm³/mol. The molecule has 0 spiro atoms. The highest BCUT2D eigenvalue weighted by Crippen LogP contribution is 2.31. The molecular weight excluding hydrogens is 360 g/mol. The number of likely N-dealkylation sites (tertiary alicyclic amines) is 1. The molecule has 2 aliphatic heterocycles. The van der Waals surface area contributed by atoms with Gasteiger partial charge in [0.05, 0.1) is 23.8 Å². The molecular formula is C20H30N4O2S. The minimum atomic E-state index is 0.296. The third kappa shape index (κ3) is 4.78. The Hall–Kier alpha value is -1.25. The van der Waals surface area contributed by atoms with E-state index in [9.17, 15) is 5.11 Å². The number of hydrogen-bond donors (Lipinski definition) is 2. The van der Waals surface area contributed by atoms with Crippen molar-refractivity contribution in [2.24, 2.45) is 5.92 Å². The highest BCUT2D eigenvalue weighted by atomic mass is 32.1. The second-order valence-electron chi connectivity index (χ2n) is 7.60. The molecule has 2 aliphatic rings. The summed E-state index contributed by atoms with van der Waals surface area (Å²) < 4.78 is 5.54. The quantitative estimate of drug-likeness (QED) is 0.760. The number of nitrogens with one attached hydrogen (secondary N) is 1. The molecule has 2 fully saturated rings. The fraction of sp³-hybridized carbons (Fsp3) is 0.650. The number of aromatic nitrogens is 2. The molecule has 0 unspecified atom stereocenters. The molecule has 0 bridgehead atoms. The summed E-state index contributed by atoms with van der Waals surface area (Å²) in [6, 6.07) is 7.10. The van der Waals surface area contributed by atoms with E-state index < -0.39 is 0 Å². The first-order chi connectivity index (χ1) is 13.3. The minimum Gasteiger partial charge on any atom is -0.396 e. The average molecular weight is 391 g/mol. The van der Waals surface area contributed by atoms with Crippen molar-refractivity contribution < 1.29 is 9.84 Å². The van der Waals surface area contributed by atoms with Crippen LogP contribution in [-0.4, -0.2) is 77.1 Å². The molecule has 2 saturated heterocycles. The van der Waals surface area contributed by atoms with Crippen LogP contribution in [0.3, 0.4) is 0 Å². The second-order valence-corrected chi connectivity index (χ2v) is 8.77. The van der Waals surface area contributed by atoms with Gasteiger partial charge < -0.3 is 9.84 Å². The standard InChI is InChI=1S/C20H30N4O2S/c25-11-1-2-16-14-23(8-6-19(16)24-9-12-26-13-10-24)15-17-3-4-20(27-17)18-5-7-21-22-18/h3-5,7,16,19,25H,1-2,6,8-15H2,(H,21,22)/t16-,19+/m1/s1. The highest BCUT2D eigenvalue weighted by Gasteiger charge is 2.33. The Labute approximate surface area is 165 Å². The highest BCUT2D eigenvalue weighted by molar-refractivity contribution is 7.15. The van der Waals surface area contributed by atoms with E-state index in [1.54, 1.807) is 6.20 Å². The van der Waals surface area contributed by atoms with Gasteiger partial charge in [0, 0.05) is 56.4 Å². The van der Waals surface area contributed by atoms with Crippen LogP contribution in [0.25, 0.3) is 10.6 Å². The van der Waals surface area contributed by atoms with E-state index in [1.807, 2.05) is 17.4 Å². The van der Waals surface area contributed by atoms with E-state index in [1.165, 1.54) is 16.2 Å². The third-order valence-corrected chi connectivity index (χ3v) is 6.94. The summed E-state index contributed by atoms with van der Waals surface area (Å²) in [5, 5.41) is 16.4. The van der Waals surface area contributed by atoms with Crippen LogP contribution in [0.2, 0.25) is 0 Å². The Morgan fingerprint density at radius 2 is 2.11 bits per heavy atom. The molecule has 0 aromatic carbocycles. The summed E-state index contributed by atoms with van der Waals surface area (Å²) >= 11 is 1.85. The summed E-state index contributed by atoms with van der Waals surface area (Å²) in [5.41, 5.74) is 1.10. The number of aliphatic hydroxyl groups excluding tert-OH is 1. The smallest absolute Gasteiger partial charge is 0.0749 e. The number of aliphatic hydroxyl groups is 1. The number of thiophene rings is 1. The number of morpholine rings is 1. The molecule has 148 valence electrons. The molecule has 2 atom stereocenters. The largest absolute Gasteiger partial charge is 0.396 e.